The zero-order valence-electron chi connectivity index (χ0n) is 9.84. The van der Waals surface area contributed by atoms with Crippen LogP contribution in [0.5, 0.6) is 0 Å². The Hall–Kier alpha value is -0.240. The molecule has 0 aliphatic carbocycles. The summed E-state index contributed by atoms with van der Waals surface area (Å²) < 4.78 is 0. The number of benzene rings is 1. The van der Waals surface area contributed by atoms with Gasteiger partial charge in [0, 0.05) is 16.1 Å². The van der Waals surface area contributed by atoms with Crippen LogP contribution in [0.15, 0.2) is 18.2 Å². The SMILES string of the molecule is CC(C)CC(N)CCc1c(Cl)cccc1Cl. The standard InChI is InChI=1S/C13H19Cl2N/c1-9(2)8-10(16)6-7-11-12(14)4-3-5-13(11)15/h3-5,9-10H,6-8,16H2,1-2H3. The van der Waals surface area contributed by atoms with Crippen LogP contribution >= 0.6 is 23.2 Å². The van der Waals surface area contributed by atoms with E-state index in [-0.39, 0.29) is 6.04 Å². The maximum Gasteiger partial charge on any atom is 0.0452 e. The van der Waals surface area contributed by atoms with Crippen LogP contribution in [0.1, 0.15) is 32.3 Å². The van der Waals surface area contributed by atoms with E-state index >= 15 is 0 Å². The van der Waals surface area contributed by atoms with Crippen LogP contribution in [0, 0.1) is 5.92 Å². The smallest absolute Gasteiger partial charge is 0.0452 e. The van der Waals surface area contributed by atoms with E-state index in [1.807, 2.05) is 18.2 Å². The van der Waals surface area contributed by atoms with Gasteiger partial charge in [0.2, 0.25) is 0 Å². The van der Waals surface area contributed by atoms with E-state index < -0.39 is 0 Å². The highest BCUT2D eigenvalue weighted by Crippen LogP contribution is 2.26. The van der Waals surface area contributed by atoms with E-state index in [1.165, 1.54) is 0 Å². The van der Waals surface area contributed by atoms with Crippen molar-refractivity contribution in [2.24, 2.45) is 11.7 Å². The second-order valence-corrected chi connectivity index (χ2v) is 5.44. The Morgan fingerprint density at radius 1 is 1.19 bits per heavy atom. The zero-order chi connectivity index (χ0) is 12.1. The van der Waals surface area contributed by atoms with E-state index in [0.29, 0.717) is 5.92 Å². The molecule has 16 heavy (non-hydrogen) atoms. The minimum atomic E-state index is 0.229. The third-order valence-corrected chi connectivity index (χ3v) is 3.31. The molecule has 0 heterocycles. The molecule has 1 atom stereocenters. The Labute approximate surface area is 108 Å². The van der Waals surface area contributed by atoms with Gasteiger partial charge in [-0.2, -0.15) is 0 Å². The van der Waals surface area contributed by atoms with E-state index in [1.54, 1.807) is 0 Å². The molecule has 1 aromatic rings. The summed E-state index contributed by atoms with van der Waals surface area (Å²) in [5.74, 6) is 0.636. The van der Waals surface area contributed by atoms with Crippen molar-refractivity contribution >= 4 is 23.2 Å². The molecule has 0 amide bonds. The summed E-state index contributed by atoms with van der Waals surface area (Å²) in [5, 5.41) is 1.48. The van der Waals surface area contributed by atoms with Crippen LogP contribution in [0.25, 0.3) is 0 Å². The first-order valence-electron chi connectivity index (χ1n) is 5.69. The monoisotopic (exact) mass is 259 g/mol. The number of hydrogen-bond donors (Lipinski definition) is 1. The van der Waals surface area contributed by atoms with Crippen LogP contribution in [-0.4, -0.2) is 6.04 Å². The van der Waals surface area contributed by atoms with Gasteiger partial charge in [0.05, 0.1) is 0 Å². The molecule has 0 saturated carbocycles. The summed E-state index contributed by atoms with van der Waals surface area (Å²) in [6.45, 7) is 4.37. The van der Waals surface area contributed by atoms with Crippen molar-refractivity contribution in [1.82, 2.24) is 0 Å². The predicted octanol–water partition coefficient (Wildman–Crippen LogP) is 4.30. The highest BCUT2D eigenvalue weighted by atomic mass is 35.5. The van der Waals surface area contributed by atoms with Crippen molar-refractivity contribution in [3.8, 4) is 0 Å². The highest BCUT2D eigenvalue weighted by Gasteiger charge is 2.09. The fraction of sp³-hybridized carbons (Fsp3) is 0.538. The summed E-state index contributed by atoms with van der Waals surface area (Å²) in [5.41, 5.74) is 7.06. The Kier molecular flexibility index (Phi) is 5.60. The third kappa shape index (κ3) is 4.32. The summed E-state index contributed by atoms with van der Waals surface area (Å²) in [6, 6.07) is 5.84. The van der Waals surface area contributed by atoms with Crippen molar-refractivity contribution in [2.45, 2.75) is 39.2 Å². The fourth-order valence-electron chi connectivity index (χ4n) is 1.82. The Morgan fingerprint density at radius 2 is 1.75 bits per heavy atom. The largest absolute Gasteiger partial charge is 0.328 e. The van der Waals surface area contributed by atoms with Crippen molar-refractivity contribution in [3.63, 3.8) is 0 Å². The first kappa shape index (κ1) is 13.8. The van der Waals surface area contributed by atoms with Gasteiger partial charge in [-0.1, -0.05) is 43.1 Å². The molecular formula is C13H19Cl2N. The number of halogens is 2. The van der Waals surface area contributed by atoms with Crippen LogP contribution in [0.2, 0.25) is 10.0 Å². The molecule has 0 radical (unpaired) electrons. The Bertz CT molecular complexity index is 316. The van der Waals surface area contributed by atoms with Crippen molar-refractivity contribution < 1.29 is 0 Å². The predicted molar refractivity (Wildman–Crippen MR) is 72.2 cm³/mol. The molecule has 0 spiro atoms. The normalized spacial score (nSPS) is 13.1. The quantitative estimate of drug-likeness (QED) is 0.839. The summed E-state index contributed by atoms with van der Waals surface area (Å²) >= 11 is 12.2. The van der Waals surface area contributed by atoms with Crippen molar-refractivity contribution in [1.29, 1.82) is 0 Å². The molecular weight excluding hydrogens is 241 g/mol. The van der Waals surface area contributed by atoms with Gasteiger partial charge in [-0.25, -0.2) is 0 Å². The average molecular weight is 260 g/mol. The van der Waals surface area contributed by atoms with Gasteiger partial charge in [0.25, 0.3) is 0 Å². The van der Waals surface area contributed by atoms with Gasteiger partial charge in [-0.15, -0.1) is 0 Å². The van der Waals surface area contributed by atoms with Gasteiger partial charge in [0.1, 0.15) is 0 Å². The summed E-state index contributed by atoms with van der Waals surface area (Å²) in [6.07, 6.45) is 2.83. The van der Waals surface area contributed by atoms with Crippen LogP contribution in [0.3, 0.4) is 0 Å². The Morgan fingerprint density at radius 3 is 2.25 bits per heavy atom. The maximum atomic E-state index is 6.09. The number of hydrogen-bond acceptors (Lipinski definition) is 1. The lowest BCUT2D eigenvalue weighted by Gasteiger charge is -2.14. The molecule has 0 saturated heterocycles. The number of rotatable bonds is 5. The molecule has 0 aromatic heterocycles. The second kappa shape index (κ2) is 6.48. The lowest BCUT2D eigenvalue weighted by atomic mass is 9.98. The lowest BCUT2D eigenvalue weighted by molar-refractivity contribution is 0.473. The molecule has 1 aromatic carbocycles. The molecule has 0 bridgehead atoms. The van der Waals surface area contributed by atoms with Gasteiger partial charge in [-0.05, 0) is 42.9 Å². The summed E-state index contributed by atoms with van der Waals surface area (Å²) in [4.78, 5) is 0. The van der Waals surface area contributed by atoms with E-state index in [2.05, 4.69) is 13.8 Å². The third-order valence-electron chi connectivity index (χ3n) is 2.60. The first-order valence-corrected chi connectivity index (χ1v) is 6.44. The zero-order valence-corrected chi connectivity index (χ0v) is 11.4. The minimum Gasteiger partial charge on any atom is -0.328 e. The fourth-order valence-corrected chi connectivity index (χ4v) is 2.41. The van der Waals surface area contributed by atoms with Gasteiger partial charge in [-0.3, -0.25) is 0 Å². The maximum absolute atomic E-state index is 6.09. The molecule has 1 rings (SSSR count). The summed E-state index contributed by atoms with van der Waals surface area (Å²) in [7, 11) is 0. The minimum absolute atomic E-state index is 0.229. The van der Waals surface area contributed by atoms with Crippen LogP contribution < -0.4 is 5.73 Å². The van der Waals surface area contributed by atoms with Gasteiger partial charge >= 0.3 is 0 Å². The van der Waals surface area contributed by atoms with E-state index in [4.69, 9.17) is 28.9 Å². The average Bonchev–Trinajstić information content (AvgIpc) is 2.15. The number of nitrogens with two attached hydrogens (primary N) is 1. The molecule has 2 N–H and O–H groups in total. The topological polar surface area (TPSA) is 26.0 Å². The van der Waals surface area contributed by atoms with Crippen LogP contribution in [0.4, 0.5) is 0 Å². The highest BCUT2D eigenvalue weighted by molar-refractivity contribution is 6.35. The molecule has 1 nitrogen and oxygen atoms in total. The molecule has 3 heteroatoms. The molecule has 0 fully saturated rings. The Balaban J connectivity index is 2.54. The molecule has 1 unspecified atom stereocenters. The van der Waals surface area contributed by atoms with Crippen LogP contribution in [-0.2, 0) is 6.42 Å². The van der Waals surface area contributed by atoms with Crippen molar-refractivity contribution in [3.05, 3.63) is 33.8 Å². The first-order chi connectivity index (χ1) is 7.50. The molecule has 90 valence electrons. The van der Waals surface area contributed by atoms with Crippen molar-refractivity contribution in [2.75, 3.05) is 0 Å². The van der Waals surface area contributed by atoms with Gasteiger partial charge in [0.15, 0.2) is 0 Å². The lowest BCUT2D eigenvalue weighted by Crippen LogP contribution is -2.22. The van der Waals surface area contributed by atoms with E-state index in [0.717, 1.165) is 34.9 Å². The molecule has 0 aliphatic rings. The molecule has 0 aliphatic heterocycles. The van der Waals surface area contributed by atoms with Gasteiger partial charge < -0.3 is 5.73 Å². The van der Waals surface area contributed by atoms with E-state index in [9.17, 15) is 0 Å². The second-order valence-electron chi connectivity index (χ2n) is 4.63.